The quantitative estimate of drug-likeness (QED) is 0.186. The molecule has 3 aromatic carbocycles. The number of thioether (sulfide) groups is 1. The van der Waals surface area contributed by atoms with E-state index in [9.17, 15) is 14.4 Å². The van der Waals surface area contributed by atoms with Crippen molar-refractivity contribution in [2.75, 3.05) is 7.11 Å². The highest BCUT2D eigenvalue weighted by molar-refractivity contribution is 8.18. The van der Waals surface area contributed by atoms with Gasteiger partial charge < -0.3 is 9.47 Å². The molecule has 0 radical (unpaired) electrons. The fourth-order valence-corrected chi connectivity index (χ4v) is 4.72. The van der Waals surface area contributed by atoms with E-state index in [2.05, 4.69) is 0 Å². The van der Waals surface area contributed by atoms with E-state index in [1.807, 2.05) is 0 Å². The largest absolute Gasteiger partial charge is 0.497 e. The minimum Gasteiger partial charge on any atom is -0.497 e. The monoisotopic (exact) mass is 547 g/mol. The van der Waals surface area contributed by atoms with E-state index in [1.54, 1.807) is 60.7 Å². The lowest BCUT2D eigenvalue weighted by Crippen LogP contribution is -2.27. The highest BCUT2D eigenvalue weighted by Gasteiger charge is 2.35. The molecule has 4 rings (SSSR count). The Morgan fingerprint density at radius 2 is 1.71 bits per heavy atom. The van der Waals surface area contributed by atoms with Crippen molar-refractivity contribution in [2.45, 2.75) is 6.54 Å². The number of hydrogen-bond donors (Lipinski definition) is 0. The van der Waals surface area contributed by atoms with Crippen molar-refractivity contribution < 1.29 is 23.9 Å². The molecular formula is C25H16Cl3NO5S. The summed E-state index contributed by atoms with van der Waals surface area (Å²) in [5.41, 5.74) is 1.50. The van der Waals surface area contributed by atoms with E-state index in [0.29, 0.717) is 32.5 Å². The molecule has 0 spiro atoms. The van der Waals surface area contributed by atoms with Crippen LogP contribution in [0, 0.1) is 0 Å². The molecule has 0 aliphatic carbocycles. The second kappa shape index (κ2) is 10.7. The average Bonchev–Trinajstić information content (AvgIpc) is 3.09. The minimum absolute atomic E-state index is 0.0268. The van der Waals surface area contributed by atoms with E-state index >= 15 is 0 Å². The molecule has 35 heavy (non-hydrogen) atoms. The topological polar surface area (TPSA) is 72.9 Å². The van der Waals surface area contributed by atoms with Crippen molar-refractivity contribution in [3.63, 3.8) is 0 Å². The third kappa shape index (κ3) is 5.82. The van der Waals surface area contributed by atoms with Crippen LogP contribution in [0.4, 0.5) is 4.79 Å². The van der Waals surface area contributed by atoms with Crippen molar-refractivity contribution in [1.82, 2.24) is 4.90 Å². The standard InChI is InChI=1S/C25H16Cl3NO5S/c1-33-18-7-4-15(5-8-18)24(31)34-21-9-2-14(10-20(21)28)11-22-23(30)29(25(32)35-22)13-16-3-6-17(26)12-19(16)27/h2-12H,13H2,1H3/b22-11-. The zero-order valence-corrected chi connectivity index (χ0v) is 21.2. The minimum atomic E-state index is -0.579. The Morgan fingerprint density at radius 1 is 0.971 bits per heavy atom. The number of amides is 2. The fraction of sp³-hybridized carbons (Fsp3) is 0.0800. The molecular weight excluding hydrogens is 533 g/mol. The summed E-state index contributed by atoms with van der Waals surface area (Å²) < 4.78 is 10.5. The van der Waals surface area contributed by atoms with Gasteiger partial charge in [-0.05, 0) is 77.5 Å². The Bertz CT molecular complexity index is 1360. The molecule has 1 heterocycles. The van der Waals surface area contributed by atoms with Crippen LogP contribution in [-0.2, 0) is 11.3 Å². The molecule has 0 unspecified atom stereocenters. The van der Waals surface area contributed by atoms with Crippen LogP contribution in [0.25, 0.3) is 6.08 Å². The molecule has 0 saturated carbocycles. The van der Waals surface area contributed by atoms with E-state index in [0.717, 1.165) is 16.7 Å². The predicted molar refractivity (Wildman–Crippen MR) is 137 cm³/mol. The summed E-state index contributed by atoms with van der Waals surface area (Å²) in [6, 6.07) is 16.0. The van der Waals surface area contributed by atoms with Crippen LogP contribution in [0.5, 0.6) is 11.5 Å². The normalized spacial score (nSPS) is 14.5. The van der Waals surface area contributed by atoms with Gasteiger partial charge in [0.2, 0.25) is 0 Å². The first-order valence-corrected chi connectivity index (χ1v) is 12.1. The number of methoxy groups -OCH3 is 1. The molecule has 6 nitrogen and oxygen atoms in total. The number of carbonyl (C=O) groups is 3. The Hall–Kier alpha value is -2.97. The zero-order chi connectivity index (χ0) is 25.1. The van der Waals surface area contributed by atoms with Crippen LogP contribution in [0.1, 0.15) is 21.5 Å². The third-order valence-corrected chi connectivity index (χ3v) is 6.79. The molecule has 1 aliphatic heterocycles. The smallest absolute Gasteiger partial charge is 0.343 e. The van der Waals surface area contributed by atoms with Gasteiger partial charge >= 0.3 is 5.97 Å². The lowest BCUT2D eigenvalue weighted by Gasteiger charge is -2.13. The van der Waals surface area contributed by atoms with Crippen LogP contribution in [0.3, 0.4) is 0 Å². The van der Waals surface area contributed by atoms with Crippen molar-refractivity contribution in [2.24, 2.45) is 0 Å². The summed E-state index contributed by atoms with van der Waals surface area (Å²) in [5.74, 6) is -0.249. The van der Waals surface area contributed by atoms with Gasteiger partial charge in [0, 0.05) is 10.0 Å². The van der Waals surface area contributed by atoms with E-state index in [-0.39, 0.29) is 22.2 Å². The van der Waals surface area contributed by atoms with E-state index in [4.69, 9.17) is 44.3 Å². The molecule has 178 valence electrons. The number of hydrogen-bond acceptors (Lipinski definition) is 6. The van der Waals surface area contributed by atoms with Crippen LogP contribution in [0.2, 0.25) is 15.1 Å². The Balaban J connectivity index is 1.47. The number of benzene rings is 3. The molecule has 0 atom stereocenters. The molecule has 1 saturated heterocycles. The lowest BCUT2D eigenvalue weighted by molar-refractivity contribution is -0.123. The molecule has 0 aromatic heterocycles. The fourth-order valence-electron chi connectivity index (χ4n) is 3.18. The van der Waals surface area contributed by atoms with E-state index < -0.39 is 17.1 Å². The number of rotatable bonds is 6. The van der Waals surface area contributed by atoms with Gasteiger partial charge in [0.1, 0.15) is 11.5 Å². The predicted octanol–water partition coefficient (Wildman–Crippen LogP) is 7.11. The van der Waals surface area contributed by atoms with Gasteiger partial charge in [0.25, 0.3) is 11.1 Å². The second-order valence-electron chi connectivity index (χ2n) is 7.31. The van der Waals surface area contributed by atoms with Gasteiger partial charge in [-0.25, -0.2) is 4.79 Å². The molecule has 0 bridgehead atoms. The molecule has 0 N–H and O–H groups in total. The molecule has 10 heteroatoms. The van der Waals surface area contributed by atoms with Gasteiger partial charge in [0.15, 0.2) is 0 Å². The van der Waals surface area contributed by atoms with Crippen LogP contribution >= 0.6 is 46.6 Å². The first-order chi connectivity index (χ1) is 16.7. The van der Waals surface area contributed by atoms with Crippen molar-refractivity contribution in [3.8, 4) is 11.5 Å². The number of halogens is 3. The van der Waals surface area contributed by atoms with Crippen molar-refractivity contribution in [3.05, 3.63) is 97.3 Å². The third-order valence-electron chi connectivity index (χ3n) is 5.00. The molecule has 1 aliphatic rings. The van der Waals surface area contributed by atoms with Crippen LogP contribution < -0.4 is 9.47 Å². The number of carbonyl (C=O) groups excluding carboxylic acids is 3. The van der Waals surface area contributed by atoms with Gasteiger partial charge in [0.05, 0.1) is 29.1 Å². The van der Waals surface area contributed by atoms with Gasteiger partial charge in [-0.2, -0.15) is 0 Å². The highest BCUT2D eigenvalue weighted by atomic mass is 35.5. The Morgan fingerprint density at radius 3 is 2.37 bits per heavy atom. The summed E-state index contributed by atoms with van der Waals surface area (Å²) in [6.07, 6.45) is 1.55. The average molecular weight is 549 g/mol. The maximum atomic E-state index is 12.8. The zero-order valence-electron chi connectivity index (χ0n) is 18.1. The molecule has 2 amide bonds. The summed E-state index contributed by atoms with van der Waals surface area (Å²) >= 11 is 19.2. The number of imide groups is 1. The number of ether oxygens (including phenoxy) is 2. The first-order valence-electron chi connectivity index (χ1n) is 10.1. The maximum Gasteiger partial charge on any atom is 0.343 e. The number of esters is 1. The summed E-state index contributed by atoms with van der Waals surface area (Å²) in [5, 5.41) is 0.589. The Kier molecular flexibility index (Phi) is 7.72. The maximum absolute atomic E-state index is 12.8. The second-order valence-corrected chi connectivity index (χ2v) is 9.56. The first kappa shape index (κ1) is 25.1. The van der Waals surface area contributed by atoms with E-state index in [1.165, 1.54) is 13.2 Å². The van der Waals surface area contributed by atoms with Crippen LogP contribution in [-0.4, -0.2) is 29.1 Å². The summed E-state index contributed by atoms with van der Waals surface area (Å²) in [6.45, 7) is 0.0268. The van der Waals surface area contributed by atoms with Gasteiger partial charge in [-0.15, -0.1) is 0 Å². The van der Waals surface area contributed by atoms with Crippen LogP contribution in [0.15, 0.2) is 65.6 Å². The lowest BCUT2D eigenvalue weighted by atomic mass is 10.2. The van der Waals surface area contributed by atoms with Gasteiger partial charge in [-0.1, -0.05) is 46.9 Å². The summed E-state index contributed by atoms with van der Waals surface area (Å²) in [7, 11) is 1.53. The SMILES string of the molecule is COc1ccc(C(=O)Oc2ccc(/C=C3\SC(=O)N(Cc4ccc(Cl)cc4Cl)C3=O)cc2Cl)cc1. The summed E-state index contributed by atoms with van der Waals surface area (Å²) in [4.78, 5) is 39.0. The Labute approximate surface area is 220 Å². The van der Waals surface area contributed by atoms with Crippen molar-refractivity contribution >= 4 is 69.8 Å². The van der Waals surface area contributed by atoms with Crippen molar-refractivity contribution in [1.29, 1.82) is 0 Å². The highest BCUT2D eigenvalue weighted by Crippen LogP contribution is 2.35. The molecule has 3 aromatic rings. The molecule has 1 fully saturated rings. The van der Waals surface area contributed by atoms with Gasteiger partial charge in [-0.3, -0.25) is 14.5 Å². The number of nitrogens with zero attached hydrogens (tertiary/aromatic N) is 1.